The van der Waals surface area contributed by atoms with Gasteiger partial charge < -0.3 is 172 Å². The molecule has 7 rings (SSSR count). The van der Waals surface area contributed by atoms with Crippen molar-refractivity contribution < 1.29 is 142 Å². The number of unbranched alkanes of at least 4 members (excludes halogenated alkanes) is 6. The molecule has 0 radical (unpaired) electrons. The first kappa shape index (κ1) is 126. The van der Waals surface area contributed by atoms with E-state index < -0.39 is 33.4 Å². The number of aromatic amines is 6. The number of aromatic nitrogens is 6. The molecular formula is C108H162N6O36. The minimum Gasteiger partial charge on any atom is -0.494 e. The number of benzene rings is 6. The molecule has 150 heavy (non-hydrogen) atoms. The number of ether oxygens (including phenoxy) is 30. The lowest BCUT2D eigenvalue weighted by Crippen LogP contribution is -2.16. The number of rotatable bonds is 84. The fraction of sp³-hybridized carbons (Fsp3) is 0.611. The van der Waals surface area contributed by atoms with Crippen LogP contribution in [0.2, 0.25) is 0 Å². The lowest BCUT2D eigenvalue weighted by Gasteiger charge is -2.13. The second-order valence-corrected chi connectivity index (χ2v) is 33.3. The maximum Gasteiger partial charge on any atom is 0.259 e. The number of methoxy groups -OCH3 is 6. The second kappa shape index (κ2) is 79.1. The lowest BCUT2D eigenvalue weighted by atomic mass is 10.1. The van der Waals surface area contributed by atoms with Gasteiger partial charge in [-0.15, -0.1) is 0 Å². The molecule has 0 atom stereocenters. The summed E-state index contributed by atoms with van der Waals surface area (Å²) >= 11 is 0. The summed E-state index contributed by atoms with van der Waals surface area (Å²) in [6.07, 6.45) is 11.5. The monoisotopic (exact) mass is 2120 g/mol. The van der Waals surface area contributed by atoms with Crippen LogP contribution in [0, 0.1) is 0 Å². The summed E-state index contributed by atoms with van der Waals surface area (Å²) < 4.78 is 179. The topological polar surface area (TPSA) is 474 Å². The number of fused-ring (bicyclic) bond motifs is 12. The first-order valence-corrected chi connectivity index (χ1v) is 51.9. The summed E-state index contributed by atoms with van der Waals surface area (Å²) in [4.78, 5) is 113. The Balaban J connectivity index is 1.63. The maximum atomic E-state index is 15.8. The summed E-state index contributed by atoms with van der Waals surface area (Å²) in [5.41, 5.74) is -5.87. The number of hydrogen-bond donors (Lipinski definition) is 6. The molecule has 0 saturated carbocycles. The molecule has 7 aromatic rings. The van der Waals surface area contributed by atoms with Crippen LogP contribution in [0.25, 0.3) is 65.4 Å². The van der Waals surface area contributed by atoms with Crippen molar-refractivity contribution in [2.24, 2.45) is 0 Å². The third-order valence-corrected chi connectivity index (χ3v) is 22.0. The third kappa shape index (κ3) is 48.3. The SMILES string of the molecule is CCCCOCCOCCOCCOc1cc(OCCOCCOCCOCCCC)c2cc1c(=O)[nH]c1cc([nH]c(=O)c3cc(c(OCCOCCOCCOCCCC)cc3OCCOCCOCCOCCCC)c(=O)[nH]c3cc([nH]c(=O)c4cc(c(OCCOCCOCCOCCCC)cc4OCCOCCOCCOCCCC)c(=O)[nH]c4cc([nH]c2=O)c(OC)cc4OC)c(OC)cc3OC)c(OC)cc1OC. The van der Waals surface area contributed by atoms with E-state index in [1.54, 1.807) is 0 Å². The molecular weight excluding hydrogens is 1960 g/mol. The van der Waals surface area contributed by atoms with Crippen LogP contribution in [0.4, 0.5) is 0 Å². The Morgan fingerprint density at radius 3 is 0.380 bits per heavy atom. The summed E-state index contributed by atoms with van der Waals surface area (Å²) in [7, 11) is 8.07. The van der Waals surface area contributed by atoms with Crippen molar-refractivity contribution in [1.82, 2.24) is 29.9 Å². The standard InChI is InChI=1S/C108H162N6O36/c1-13-19-25-127-31-37-133-43-49-139-55-61-145-91-73-92(146-62-56-140-50-44-134-38-32-128-26-20-14-2)80-67-79(91)103(115)109-85-70-86(98(122-8)76-97(85)121-7)111-105(117)81-68-82(94(148-64-58-142-52-46-136-40-34-130-28-22-16-4)74-93(81)147-63-57-141-51-45-135-39-33-129-27-21-15-3)107(119)113-89-72-90(102(126-12)78-101(89)125-11)114-108(120)84-69-83(106(118)112-88-71-87(110-104(80)116)99(123-9)77-100(88)124-10)95(149-65-59-143-53-47-137-41-35-131-29-23-17-5)75-96(84)150-66-60-144-54-48-138-42-36-132-30-24-18-6/h67-78H,13-66H2,1-12H3,(H,109,115)(H,110,116)(H,111,117)(H,112,118)(H,113,119)(H,114,120). The predicted molar refractivity (Wildman–Crippen MR) is 571 cm³/mol. The molecule has 42 nitrogen and oxygen atoms in total. The van der Waals surface area contributed by atoms with Gasteiger partial charge in [-0.1, -0.05) is 80.1 Å². The van der Waals surface area contributed by atoms with Crippen LogP contribution in [0.15, 0.2) is 102 Å². The average molecular weight is 2120 g/mol. The molecule has 0 fully saturated rings. The van der Waals surface area contributed by atoms with E-state index in [0.29, 0.717) is 119 Å². The van der Waals surface area contributed by atoms with Gasteiger partial charge >= 0.3 is 0 Å². The molecule has 840 valence electrons. The summed E-state index contributed by atoms with van der Waals surface area (Å²) in [6.45, 7) is 21.9. The Hall–Kier alpha value is -11.0. The molecule has 0 aliphatic heterocycles. The van der Waals surface area contributed by atoms with Gasteiger partial charge in [0.25, 0.3) is 33.4 Å². The minimum absolute atomic E-state index is 0.00943. The molecule has 0 aliphatic rings. The largest absolute Gasteiger partial charge is 0.494 e. The van der Waals surface area contributed by atoms with Crippen molar-refractivity contribution in [3.8, 4) is 69.0 Å². The van der Waals surface area contributed by atoms with Gasteiger partial charge in [0.2, 0.25) is 0 Å². The van der Waals surface area contributed by atoms with E-state index >= 15 is 28.8 Å². The van der Waals surface area contributed by atoms with E-state index in [-0.39, 0.29) is 293 Å². The van der Waals surface area contributed by atoms with Gasteiger partial charge in [0.05, 0.1) is 306 Å². The van der Waals surface area contributed by atoms with Crippen LogP contribution in [0.5, 0.6) is 69.0 Å². The fourth-order valence-corrected chi connectivity index (χ4v) is 13.9. The van der Waals surface area contributed by atoms with Gasteiger partial charge in [-0.25, -0.2) is 0 Å². The highest BCUT2D eigenvalue weighted by Crippen LogP contribution is 2.35. The highest BCUT2D eigenvalue weighted by atomic mass is 16.6. The second-order valence-electron chi connectivity index (χ2n) is 33.3. The van der Waals surface area contributed by atoms with Crippen LogP contribution in [0.1, 0.15) is 119 Å². The third-order valence-electron chi connectivity index (χ3n) is 22.0. The smallest absolute Gasteiger partial charge is 0.259 e. The minimum atomic E-state index is -0.909. The number of H-pyrrole nitrogens is 6. The Bertz CT molecular complexity index is 4850. The quantitative estimate of drug-likeness (QED) is 0.0193. The van der Waals surface area contributed by atoms with Gasteiger partial charge in [-0.05, 0) is 74.9 Å². The summed E-state index contributed by atoms with van der Waals surface area (Å²) in [5.74, 6) is -0.649. The molecule has 0 unspecified atom stereocenters. The van der Waals surface area contributed by atoms with Gasteiger partial charge in [-0.3, -0.25) is 28.8 Å². The van der Waals surface area contributed by atoms with E-state index in [9.17, 15) is 0 Å². The molecule has 1 aromatic heterocycles. The molecule has 0 amide bonds. The van der Waals surface area contributed by atoms with Crippen molar-refractivity contribution >= 4 is 65.4 Å². The Labute approximate surface area is 875 Å². The van der Waals surface area contributed by atoms with Gasteiger partial charge in [0, 0.05) is 76.0 Å². The van der Waals surface area contributed by atoms with Crippen LogP contribution in [-0.4, -0.2) is 350 Å². The summed E-state index contributed by atoms with van der Waals surface area (Å²) in [5, 5.41) is -1.57. The molecule has 0 saturated heterocycles. The zero-order valence-electron chi connectivity index (χ0n) is 89.8. The van der Waals surface area contributed by atoms with Crippen molar-refractivity contribution in [3.63, 3.8) is 0 Å². The summed E-state index contributed by atoms with van der Waals surface area (Å²) in [6, 6.07) is 16.1. The Morgan fingerprint density at radius 2 is 0.260 bits per heavy atom. The Kier molecular flexibility index (Phi) is 66.4. The van der Waals surface area contributed by atoms with Crippen LogP contribution in [0.3, 0.4) is 0 Å². The maximum absolute atomic E-state index is 15.8. The molecule has 0 spiro atoms. The van der Waals surface area contributed by atoms with Gasteiger partial charge in [0.1, 0.15) is 109 Å². The molecule has 6 aromatic carbocycles. The van der Waals surface area contributed by atoms with Crippen molar-refractivity contribution in [3.05, 3.63) is 135 Å². The molecule has 0 aliphatic carbocycles. The van der Waals surface area contributed by atoms with E-state index in [0.717, 1.165) is 77.0 Å². The van der Waals surface area contributed by atoms with Crippen molar-refractivity contribution in [2.75, 3.05) is 320 Å². The predicted octanol–water partition coefficient (Wildman–Crippen LogP) is 13.2. The Morgan fingerprint density at radius 1 is 0.147 bits per heavy atom. The van der Waals surface area contributed by atoms with E-state index in [1.807, 2.05) is 0 Å². The van der Waals surface area contributed by atoms with Gasteiger partial charge in [-0.2, -0.15) is 0 Å². The van der Waals surface area contributed by atoms with Crippen LogP contribution < -0.4 is 90.2 Å². The number of hydrogen-bond acceptors (Lipinski definition) is 36. The number of nitrogens with one attached hydrogen (secondary N) is 6. The van der Waals surface area contributed by atoms with E-state index in [4.69, 9.17) is 142 Å². The lowest BCUT2D eigenvalue weighted by molar-refractivity contribution is 0.00866. The first-order valence-electron chi connectivity index (χ1n) is 51.9. The normalized spacial score (nSPS) is 11.3. The highest BCUT2D eigenvalue weighted by molar-refractivity contribution is 5.84. The van der Waals surface area contributed by atoms with E-state index in [1.165, 1.54) is 115 Å². The fourth-order valence-electron chi connectivity index (χ4n) is 13.9. The van der Waals surface area contributed by atoms with Gasteiger partial charge in [0.15, 0.2) is 0 Å². The highest BCUT2D eigenvalue weighted by Gasteiger charge is 2.20. The van der Waals surface area contributed by atoms with Crippen LogP contribution in [-0.2, 0) is 85.3 Å². The molecule has 6 N–H and O–H groups in total. The van der Waals surface area contributed by atoms with Crippen LogP contribution >= 0.6 is 0 Å². The zero-order chi connectivity index (χ0) is 107. The van der Waals surface area contributed by atoms with Crippen molar-refractivity contribution in [1.29, 1.82) is 0 Å². The molecule has 42 heteroatoms. The van der Waals surface area contributed by atoms with Crippen molar-refractivity contribution in [2.45, 2.75) is 119 Å². The zero-order valence-corrected chi connectivity index (χ0v) is 89.8. The molecule has 1 heterocycles. The molecule has 12 bridgehead atoms. The first-order chi connectivity index (χ1) is 73.5. The average Bonchev–Trinajstić information content (AvgIpc) is 0.785. The van der Waals surface area contributed by atoms with E-state index in [2.05, 4.69) is 71.4 Å².